The molecule has 1 saturated carbocycles. The van der Waals surface area contributed by atoms with Crippen molar-refractivity contribution in [1.82, 2.24) is 9.97 Å². The molecule has 0 radical (unpaired) electrons. The molecule has 0 aromatic carbocycles. The van der Waals surface area contributed by atoms with Gasteiger partial charge in [-0.3, -0.25) is 0 Å². The summed E-state index contributed by atoms with van der Waals surface area (Å²) in [6.45, 7) is 6.90. The van der Waals surface area contributed by atoms with Crippen LogP contribution in [0.1, 0.15) is 64.4 Å². The lowest BCUT2D eigenvalue weighted by atomic mass is 9.78. The van der Waals surface area contributed by atoms with E-state index in [1.165, 1.54) is 12.7 Å². The summed E-state index contributed by atoms with van der Waals surface area (Å²) >= 11 is 0. The first-order valence-corrected chi connectivity index (χ1v) is 8.02. The minimum absolute atomic E-state index is 0.249. The summed E-state index contributed by atoms with van der Waals surface area (Å²) in [5, 5.41) is 14.0. The number of aromatic nitrogens is 2. The number of nitrogens with two attached hydrogens (primary N) is 1. The highest BCUT2D eigenvalue weighted by atomic mass is 16.3. The molecule has 2 rings (SSSR count). The number of hydrogen-bond donors (Lipinski definition) is 3. The highest BCUT2D eigenvalue weighted by Gasteiger charge is 2.32. The summed E-state index contributed by atoms with van der Waals surface area (Å²) in [7, 11) is 0. The van der Waals surface area contributed by atoms with Crippen molar-refractivity contribution in [3.8, 4) is 0 Å². The van der Waals surface area contributed by atoms with E-state index in [0.29, 0.717) is 12.4 Å². The number of nitrogen functional groups attached to an aromatic ring is 1. The summed E-state index contributed by atoms with van der Waals surface area (Å²) in [6, 6.07) is 0. The van der Waals surface area contributed by atoms with Crippen LogP contribution in [-0.2, 0) is 0 Å². The first-order chi connectivity index (χ1) is 9.95. The average Bonchev–Trinajstić information content (AvgIpc) is 2.46. The van der Waals surface area contributed by atoms with Crippen molar-refractivity contribution in [3.63, 3.8) is 0 Å². The van der Waals surface area contributed by atoms with Gasteiger partial charge in [0, 0.05) is 12.1 Å². The average molecular weight is 292 g/mol. The van der Waals surface area contributed by atoms with Crippen molar-refractivity contribution in [2.24, 2.45) is 5.92 Å². The third-order valence-electron chi connectivity index (χ3n) is 4.69. The molecule has 4 N–H and O–H groups in total. The molecule has 0 aliphatic heterocycles. The molecule has 0 bridgehead atoms. The highest BCUT2D eigenvalue weighted by Crippen LogP contribution is 2.34. The molecule has 1 aromatic heterocycles. The van der Waals surface area contributed by atoms with Gasteiger partial charge < -0.3 is 16.2 Å². The lowest BCUT2D eigenvalue weighted by molar-refractivity contribution is 0.00221. The van der Waals surface area contributed by atoms with Crippen molar-refractivity contribution < 1.29 is 5.11 Å². The number of nitrogens with zero attached hydrogens (tertiary/aromatic N) is 2. The minimum Gasteiger partial charge on any atom is -0.388 e. The van der Waals surface area contributed by atoms with Crippen LogP contribution in [0, 0.1) is 5.92 Å². The van der Waals surface area contributed by atoms with Gasteiger partial charge in [-0.15, -0.1) is 0 Å². The second kappa shape index (κ2) is 6.60. The van der Waals surface area contributed by atoms with Gasteiger partial charge in [0.05, 0.1) is 5.60 Å². The van der Waals surface area contributed by atoms with Crippen molar-refractivity contribution in [2.75, 3.05) is 17.6 Å². The van der Waals surface area contributed by atoms with Crippen LogP contribution in [0.4, 0.5) is 11.6 Å². The molecule has 1 aliphatic carbocycles. The van der Waals surface area contributed by atoms with Crippen LogP contribution in [0.25, 0.3) is 0 Å². The molecule has 118 valence electrons. The van der Waals surface area contributed by atoms with E-state index in [0.717, 1.165) is 43.0 Å². The first-order valence-electron chi connectivity index (χ1n) is 8.02. The Balaban J connectivity index is 2.02. The SMILES string of the molecule is CCC1CCC(O)(CNc2ncnc(N)c2C(C)C)CC1. The zero-order chi connectivity index (χ0) is 15.5. The monoisotopic (exact) mass is 292 g/mol. The number of anilines is 2. The molecule has 5 heteroatoms. The van der Waals surface area contributed by atoms with Gasteiger partial charge in [0.15, 0.2) is 0 Å². The third kappa shape index (κ3) is 3.84. The molecule has 0 saturated heterocycles. The fourth-order valence-electron chi connectivity index (χ4n) is 3.17. The van der Waals surface area contributed by atoms with Crippen molar-refractivity contribution in [1.29, 1.82) is 0 Å². The molecule has 0 atom stereocenters. The van der Waals surface area contributed by atoms with Gasteiger partial charge in [-0.05, 0) is 37.5 Å². The lowest BCUT2D eigenvalue weighted by Gasteiger charge is -2.36. The van der Waals surface area contributed by atoms with E-state index < -0.39 is 5.60 Å². The van der Waals surface area contributed by atoms with Crippen molar-refractivity contribution in [3.05, 3.63) is 11.9 Å². The Morgan fingerprint density at radius 2 is 2.05 bits per heavy atom. The maximum Gasteiger partial charge on any atom is 0.135 e. The second-order valence-corrected chi connectivity index (χ2v) is 6.61. The summed E-state index contributed by atoms with van der Waals surface area (Å²) in [4.78, 5) is 8.35. The van der Waals surface area contributed by atoms with Gasteiger partial charge in [0.2, 0.25) is 0 Å². The molecular weight excluding hydrogens is 264 g/mol. The quantitative estimate of drug-likeness (QED) is 0.777. The van der Waals surface area contributed by atoms with Crippen molar-refractivity contribution >= 4 is 11.6 Å². The van der Waals surface area contributed by atoms with E-state index in [1.54, 1.807) is 0 Å². The maximum absolute atomic E-state index is 10.7. The first kappa shape index (κ1) is 16.0. The summed E-state index contributed by atoms with van der Waals surface area (Å²) in [5.41, 5.74) is 6.25. The molecule has 0 unspecified atom stereocenters. The van der Waals surface area contributed by atoms with Crippen LogP contribution in [0.5, 0.6) is 0 Å². The predicted octanol–water partition coefficient (Wildman–Crippen LogP) is 2.93. The van der Waals surface area contributed by atoms with Crippen LogP contribution in [-0.4, -0.2) is 27.2 Å². The Morgan fingerprint density at radius 1 is 1.38 bits per heavy atom. The van der Waals surface area contributed by atoms with Crippen LogP contribution in [0.15, 0.2) is 6.33 Å². The van der Waals surface area contributed by atoms with E-state index in [2.05, 4.69) is 36.1 Å². The molecule has 1 fully saturated rings. The van der Waals surface area contributed by atoms with E-state index in [9.17, 15) is 5.11 Å². The Bertz CT molecular complexity index is 467. The molecule has 5 nitrogen and oxygen atoms in total. The Labute approximate surface area is 127 Å². The fraction of sp³-hybridized carbons (Fsp3) is 0.750. The maximum atomic E-state index is 10.7. The molecule has 1 aliphatic rings. The minimum atomic E-state index is -0.625. The van der Waals surface area contributed by atoms with E-state index in [1.807, 2.05) is 0 Å². The predicted molar refractivity (Wildman–Crippen MR) is 86.2 cm³/mol. The highest BCUT2D eigenvalue weighted by molar-refractivity contribution is 5.56. The normalized spacial score (nSPS) is 26.0. The van der Waals surface area contributed by atoms with Crippen LogP contribution < -0.4 is 11.1 Å². The summed E-state index contributed by atoms with van der Waals surface area (Å²) in [6.07, 6.45) is 6.62. The third-order valence-corrected chi connectivity index (χ3v) is 4.69. The largest absolute Gasteiger partial charge is 0.388 e. The fourth-order valence-corrected chi connectivity index (χ4v) is 3.17. The van der Waals surface area contributed by atoms with E-state index in [4.69, 9.17) is 5.73 Å². The van der Waals surface area contributed by atoms with Crippen molar-refractivity contribution in [2.45, 2.75) is 64.4 Å². The lowest BCUT2D eigenvalue weighted by Crippen LogP contribution is -2.40. The van der Waals surface area contributed by atoms with Gasteiger partial charge in [0.25, 0.3) is 0 Å². The number of nitrogens with one attached hydrogen (secondary N) is 1. The molecule has 0 spiro atoms. The van der Waals surface area contributed by atoms with E-state index >= 15 is 0 Å². The number of aliphatic hydroxyl groups is 1. The number of hydrogen-bond acceptors (Lipinski definition) is 5. The van der Waals surface area contributed by atoms with Crippen LogP contribution in [0.2, 0.25) is 0 Å². The summed E-state index contributed by atoms with van der Waals surface area (Å²) in [5.74, 6) is 2.29. The molecule has 1 heterocycles. The van der Waals surface area contributed by atoms with Crippen LogP contribution in [0.3, 0.4) is 0 Å². The zero-order valence-electron chi connectivity index (χ0n) is 13.4. The molecule has 21 heavy (non-hydrogen) atoms. The Hall–Kier alpha value is -1.36. The van der Waals surface area contributed by atoms with Gasteiger partial charge in [-0.1, -0.05) is 27.2 Å². The summed E-state index contributed by atoms with van der Waals surface area (Å²) < 4.78 is 0. The molecule has 1 aromatic rings. The smallest absolute Gasteiger partial charge is 0.135 e. The van der Waals surface area contributed by atoms with E-state index in [-0.39, 0.29) is 5.92 Å². The Morgan fingerprint density at radius 3 is 2.62 bits per heavy atom. The van der Waals surface area contributed by atoms with Crippen LogP contribution >= 0.6 is 0 Å². The molecular formula is C16H28N4O. The Kier molecular flexibility index (Phi) is 5.04. The zero-order valence-corrected chi connectivity index (χ0v) is 13.4. The van der Waals surface area contributed by atoms with Gasteiger partial charge >= 0.3 is 0 Å². The van der Waals surface area contributed by atoms with Gasteiger partial charge in [-0.25, -0.2) is 9.97 Å². The van der Waals surface area contributed by atoms with Gasteiger partial charge in [0.1, 0.15) is 18.0 Å². The topological polar surface area (TPSA) is 84.1 Å². The number of rotatable bonds is 5. The second-order valence-electron chi connectivity index (χ2n) is 6.61. The molecule has 0 amide bonds. The standard InChI is InChI=1S/C16H28N4O/c1-4-12-5-7-16(21,8-6-12)9-18-15-13(11(2)3)14(17)19-10-20-15/h10-12,21H,4-9H2,1-3H3,(H3,17,18,19,20). The van der Waals surface area contributed by atoms with Gasteiger partial charge in [-0.2, -0.15) is 0 Å².